The van der Waals surface area contributed by atoms with Crippen molar-refractivity contribution < 1.29 is 4.79 Å². The van der Waals surface area contributed by atoms with E-state index >= 15 is 0 Å². The van der Waals surface area contributed by atoms with Crippen molar-refractivity contribution in [1.29, 1.82) is 0 Å². The SMILES string of the molecule is CCc1nc2n(n1)CCC[C@H]2NC(=O)c1ccsn1. The number of nitrogens with one attached hydrogen (secondary N) is 1. The minimum atomic E-state index is -0.138. The zero-order chi connectivity index (χ0) is 13.2. The average molecular weight is 277 g/mol. The van der Waals surface area contributed by atoms with Gasteiger partial charge in [0.05, 0.1) is 6.04 Å². The Morgan fingerprint density at radius 3 is 3.26 bits per heavy atom. The second-order valence-electron chi connectivity index (χ2n) is 4.52. The Balaban J connectivity index is 1.80. The third-order valence-electron chi connectivity index (χ3n) is 3.21. The van der Waals surface area contributed by atoms with Gasteiger partial charge >= 0.3 is 0 Å². The zero-order valence-electron chi connectivity index (χ0n) is 10.7. The minimum Gasteiger partial charge on any atom is -0.341 e. The van der Waals surface area contributed by atoms with Gasteiger partial charge in [-0.1, -0.05) is 6.92 Å². The van der Waals surface area contributed by atoms with Crippen molar-refractivity contribution >= 4 is 17.4 Å². The van der Waals surface area contributed by atoms with Crippen LogP contribution in [0.4, 0.5) is 0 Å². The minimum absolute atomic E-state index is 0.0595. The van der Waals surface area contributed by atoms with Crippen LogP contribution in [-0.2, 0) is 13.0 Å². The van der Waals surface area contributed by atoms with Crippen LogP contribution >= 0.6 is 11.5 Å². The number of rotatable bonds is 3. The predicted molar refractivity (Wildman–Crippen MR) is 71.0 cm³/mol. The Hall–Kier alpha value is -1.76. The van der Waals surface area contributed by atoms with Crippen LogP contribution in [-0.4, -0.2) is 25.0 Å². The molecule has 2 aromatic heterocycles. The molecule has 19 heavy (non-hydrogen) atoms. The van der Waals surface area contributed by atoms with Gasteiger partial charge in [-0.2, -0.15) is 9.47 Å². The number of fused-ring (bicyclic) bond motifs is 1. The fraction of sp³-hybridized carbons (Fsp3) is 0.500. The van der Waals surface area contributed by atoms with E-state index in [0.29, 0.717) is 5.69 Å². The summed E-state index contributed by atoms with van der Waals surface area (Å²) in [7, 11) is 0. The summed E-state index contributed by atoms with van der Waals surface area (Å²) in [5.74, 6) is 1.57. The molecule has 6 nitrogen and oxygen atoms in total. The van der Waals surface area contributed by atoms with Gasteiger partial charge in [0.15, 0.2) is 5.82 Å². The molecule has 0 saturated heterocycles. The highest BCUT2D eigenvalue weighted by atomic mass is 32.1. The topological polar surface area (TPSA) is 72.7 Å². The van der Waals surface area contributed by atoms with Gasteiger partial charge in [-0.3, -0.25) is 4.79 Å². The summed E-state index contributed by atoms with van der Waals surface area (Å²) in [5, 5.41) is 9.23. The van der Waals surface area contributed by atoms with E-state index in [2.05, 4.69) is 19.8 Å². The Morgan fingerprint density at radius 2 is 2.53 bits per heavy atom. The van der Waals surface area contributed by atoms with E-state index in [4.69, 9.17) is 0 Å². The Morgan fingerprint density at radius 1 is 1.63 bits per heavy atom. The van der Waals surface area contributed by atoms with Crippen molar-refractivity contribution in [3.8, 4) is 0 Å². The first-order chi connectivity index (χ1) is 9.28. The van der Waals surface area contributed by atoms with Gasteiger partial charge in [0.2, 0.25) is 0 Å². The molecule has 2 aromatic rings. The average Bonchev–Trinajstić information content (AvgIpc) is 3.08. The van der Waals surface area contributed by atoms with Crippen molar-refractivity contribution in [2.75, 3.05) is 0 Å². The molecule has 1 N–H and O–H groups in total. The highest BCUT2D eigenvalue weighted by molar-refractivity contribution is 7.03. The molecule has 0 aromatic carbocycles. The summed E-state index contributed by atoms with van der Waals surface area (Å²) in [6, 6.07) is 1.67. The highest BCUT2D eigenvalue weighted by Crippen LogP contribution is 2.23. The van der Waals surface area contributed by atoms with E-state index in [-0.39, 0.29) is 11.9 Å². The molecule has 0 aliphatic carbocycles. The van der Waals surface area contributed by atoms with Crippen LogP contribution in [0.3, 0.4) is 0 Å². The van der Waals surface area contributed by atoms with Gasteiger partial charge in [-0.25, -0.2) is 9.67 Å². The van der Waals surface area contributed by atoms with Gasteiger partial charge in [0.25, 0.3) is 5.91 Å². The first-order valence-electron chi connectivity index (χ1n) is 6.42. The van der Waals surface area contributed by atoms with Crippen LogP contribution in [0, 0.1) is 0 Å². The number of nitrogens with zero attached hydrogens (tertiary/aromatic N) is 4. The molecule has 1 aliphatic heterocycles. The Kier molecular flexibility index (Phi) is 3.29. The van der Waals surface area contributed by atoms with Gasteiger partial charge in [0, 0.05) is 18.3 Å². The van der Waals surface area contributed by atoms with Crippen molar-refractivity contribution in [3.63, 3.8) is 0 Å². The lowest BCUT2D eigenvalue weighted by molar-refractivity contribution is 0.0923. The molecule has 0 bridgehead atoms. The fourth-order valence-corrected chi connectivity index (χ4v) is 2.76. The van der Waals surface area contributed by atoms with Crippen LogP contribution in [0.1, 0.15) is 47.9 Å². The zero-order valence-corrected chi connectivity index (χ0v) is 11.5. The maximum atomic E-state index is 12.0. The molecule has 1 aliphatic rings. The smallest absolute Gasteiger partial charge is 0.271 e. The molecule has 0 fully saturated rings. The highest BCUT2D eigenvalue weighted by Gasteiger charge is 2.26. The molecule has 0 spiro atoms. The van der Waals surface area contributed by atoms with E-state index in [1.807, 2.05) is 11.6 Å². The second kappa shape index (κ2) is 5.08. The number of hydrogen-bond acceptors (Lipinski definition) is 5. The van der Waals surface area contributed by atoms with Crippen molar-refractivity contribution in [3.05, 3.63) is 28.8 Å². The van der Waals surface area contributed by atoms with Crippen molar-refractivity contribution in [2.45, 2.75) is 38.8 Å². The number of carbonyl (C=O) groups is 1. The first-order valence-corrected chi connectivity index (χ1v) is 7.26. The van der Waals surface area contributed by atoms with Crippen LogP contribution in [0.15, 0.2) is 11.4 Å². The van der Waals surface area contributed by atoms with Gasteiger partial charge in [-0.15, -0.1) is 0 Å². The molecule has 3 heterocycles. The van der Waals surface area contributed by atoms with E-state index in [1.165, 1.54) is 11.5 Å². The molecule has 0 saturated carbocycles. The summed E-state index contributed by atoms with van der Waals surface area (Å²) < 4.78 is 5.96. The number of amides is 1. The third-order valence-corrected chi connectivity index (χ3v) is 3.77. The second-order valence-corrected chi connectivity index (χ2v) is 5.18. The van der Waals surface area contributed by atoms with Crippen LogP contribution in [0.2, 0.25) is 0 Å². The third kappa shape index (κ3) is 2.37. The number of hydrogen-bond donors (Lipinski definition) is 1. The van der Waals surface area contributed by atoms with Gasteiger partial charge in [0.1, 0.15) is 11.5 Å². The van der Waals surface area contributed by atoms with Gasteiger partial charge in [-0.05, 0) is 30.4 Å². The Bertz CT molecular complexity index is 577. The maximum absolute atomic E-state index is 12.0. The van der Waals surface area contributed by atoms with E-state index in [1.54, 1.807) is 11.4 Å². The van der Waals surface area contributed by atoms with Gasteiger partial charge < -0.3 is 5.32 Å². The standard InChI is InChI=1S/C12H15N5OS/c1-2-10-14-11-8(4-3-6-17(11)15-10)13-12(18)9-5-7-19-16-9/h5,7-8H,2-4,6H2,1H3,(H,13,18)/t8-/m1/s1. The van der Waals surface area contributed by atoms with Crippen LogP contribution in [0.5, 0.6) is 0 Å². The quantitative estimate of drug-likeness (QED) is 0.924. The summed E-state index contributed by atoms with van der Waals surface area (Å²) in [4.78, 5) is 16.5. The van der Waals surface area contributed by atoms with Crippen molar-refractivity contribution in [1.82, 2.24) is 24.5 Å². The Labute approximate surface area is 115 Å². The number of aromatic nitrogens is 4. The molecule has 1 amide bonds. The molecular formula is C12H15N5OS. The maximum Gasteiger partial charge on any atom is 0.271 e. The number of aryl methyl sites for hydroxylation is 2. The monoisotopic (exact) mass is 277 g/mol. The van der Waals surface area contributed by atoms with E-state index in [0.717, 1.165) is 37.5 Å². The van der Waals surface area contributed by atoms with E-state index in [9.17, 15) is 4.79 Å². The normalized spacial score (nSPS) is 18.1. The molecule has 7 heteroatoms. The summed E-state index contributed by atoms with van der Waals surface area (Å²) in [5.41, 5.74) is 0.470. The summed E-state index contributed by atoms with van der Waals surface area (Å²) in [6.07, 6.45) is 2.71. The first kappa shape index (κ1) is 12.3. The lowest BCUT2D eigenvalue weighted by Gasteiger charge is -2.22. The molecule has 3 rings (SSSR count). The lowest BCUT2D eigenvalue weighted by Crippen LogP contribution is -2.33. The molecular weight excluding hydrogens is 262 g/mol. The molecule has 0 unspecified atom stereocenters. The summed E-state index contributed by atoms with van der Waals surface area (Å²) >= 11 is 1.28. The van der Waals surface area contributed by atoms with E-state index < -0.39 is 0 Å². The predicted octanol–water partition coefficient (Wildman–Crippen LogP) is 1.56. The molecule has 0 radical (unpaired) electrons. The fourth-order valence-electron chi connectivity index (χ4n) is 2.25. The van der Waals surface area contributed by atoms with Crippen LogP contribution in [0.25, 0.3) is 0 Å². The van der Waals surface area contributed by atoms with Crippen LogP contribution < -0.4 is 5.32 Å². The molecule has 100 valence electrons. The largest absolute Gasteiger partial charge is 0.341 e. The summed E-state index contributed by atoms with van der Waals surface area (Å²) in [6.45, 7) is 2.91. The number of carbonyl (C=O) groups excluding carboxylic acids is 1. The lowest BCUT2D eigenvalue weighted by atomic mass is 10.1. The van der Waals surface area contributed by atoms with Crippen molar-refractivity contribution in [2.24, 2.45) is 0 Å². The molecule has 1 atom stereocenters.